The molecule has 0 saturated carbocycles. The Bertz CT molecular complexity index is 745. The fourth-order valence-corrected chi connectivity index (χ4v) is 4.29. The standard InChI is InChI=1S/C20H23NO3S/c1-4-14-5-7-15(8-6-14)19(22)21-11-12-25-20(21)17-10-9-16(23-2)13-18(17)24-3/h5-10,13,20H,4,11-12H2,1-3H3. The van der Waals surface area contributed by atoms with Crippen LogP contribution in [0.15, 0.2) is 42.5 Å². The first-order valence-corrected chi connectivity index (χ1v) is 9.46. The van der Waals surface area contributed by atoms with E-state index in [9.17, 15) is 4.79 Å². The summed E-state index contributed by atoms with van der Waals surface area (Å²) < 4.78 is 10.8. The average molecular weight is 357 g/mol. The summed E-state index contributed by atoms with van der Waals surface area (Å²) in [5, 5.41) is -0.0424. The number of aryl methyl sites for hydroxylation is 1. The Morgan fingerprint density at radius 1 is 1.16 bits per heavy atom. The molecule has 0 aromatic heterocycles. The summed E-state index contributed by atoms with van der Waals surface area (Å²) in [6.45, 7) is 2.85. The van der Waals surface area contributed by atoms with Crippen molar-refractivity contribution in [1.82, 2.24) is 4.90 Å². The number of benzene rings is 2. The maximum atomic E-state index is 13.0. The number of carbonyl (C=O) groups excluding carboxylic acids is 1. The molecule has 3 rings (SSSR count). The van der Waals surface area contributed by atoms with Crippen LogP contribution in [0.5, 0.6) is 11.5 Å². The van der Waals surface area contributed by atoms with Gasteiger partial charge in [-0.2, -0.15) is 0 Å². The van der Waals surface area contributed by atoms with Crippen LogP contribution in [-0.4, -0.2) is 37.3 Å². The number of rotatable bonds is 5. The molecule has 1 unspecified atom stereocenters. The Hall–Kier alpha value is -2.14. The third-order valence-electron chi connectivity index (χ3n) is 4.47. The molecule has 132 valence electrons. The maximum absolute atomic E-state index is 13.0. The van der Waals surface area contributed by atoms with Crippen LogP contribution < -0.4 is 9.47 Å². The Balaban J connectivity index is 1.88. The zero-order valence-electron chi connectivity index (χ0n) is 14.8. The lowest BCUT2D eigenvalue weighted by Gasteiger charge is -2.26. The molecule has 0 spiro atoms. The van der Waals surface area contributed by atoms with E-state index in [1.807, 2.05) is 47.4 Å². The second kappa shape index (κ2) is 7.83. The Kier molecular flexibility index (Phi) is 5.53. The zero-order chi connectivity index (χ0) is 17.8. The molecule has 1 heterocycles. The number of hydrogen-bond acceptors (Lipinski definition) is 4. The van der Waals surface area contributed by atoms with Crippen LogP contribution >= 0.6 is 11.8 Å². The lowest BCUT2D eigenvalue weighted by molar-refractivity contribution is 0.0759. The highest BCUT2D eigenvalue weighted by Gasteiger charge is 2.33. The largest absolute Gasteiger partial charge is 0.497 e. The van der Waals surface area contributed by atoms with E-state index in [1.54, 1.807) is 26.0 Å². The van der Waals surface area contributed by atoms with E-state index < -0.39 is 0 Å². The first kappa shape index (κ1) is 17.7. The predicted molar refractivity (Wildman–Crippen MR) is 102 cm³/mol. The van der Waals surface area contributed by atoms with Gasteiger partial charge in [0.15, 0.2) is 0 Å². The molecule has 4 nitrogen and oxygen atoms in total. The molecule has 25 heavy (non-hydrogen) atoms. The minimum absolute atomic E-state index is 0.0424. The highest BCUT2D eigenvalue weighted by molar-refractivity contribution is 7.99. The summed E-state index contributed by atoms with van der Waals surface area (Å²) >= 11 is 1.76. The SMILES string of the molecule is CCc1ccc(C(=O)N2CCSC2c2ccc(OC)cc2OC)cc1. The highest BCUT2D eigenvalue weighted by atomic mass is 32.2. The minimum Gasteiger partial charge on any atom is -0.497 e. The third kappa shape index (κ3) is 3.61. The molecule has 0 bridgehead atoms. The first-order valence-electron chi connectivity index (χ1n) is 8.41. The lowest BCUT2D eigenvalue weighted by Crippen LogP contribution is -2.30. The summed E-state index contributed by atoms with van der Waals surface area (Å²) in [6, 6.07) is 13.7. The molecule has 1 atom stereocenters. The second-order valence-corrected chi connectivity index (χ2v) is 7.07. The fraction of sp³-hybridized carbons (Fsp3) is 0.350. The van der Waals surface area contributed by atoms with Crippen LogP contribution in [0.1, 0.15) is 33.8 Å². The number of thioether (sulfide) groups is 1. The molecule has 1 aliphatic rings. The van der Waals surface area contributed by atoms with Gasteiger partial charge in [-0.15, -0.1) is 11.8 Å². The molecule has 1 fully saturated rings. The van der Waals surface area contributed by atoms with Gasteiger partial charge >= 0.3 is 0 Å². The topological polar surface area (TPSA) is 38.8 Å². The Morgan fingerprint density at radius 3 is 2.56 bits per heavy atom. The van der Waals surface area contributed by atoms with Crippen LogP contribution in [0, 0.1) is 0 Å². The average Bonchev–Trinajstić information content (AvgIpc) is 3.16. The number of hydrogen-bond donors (Lipinski definition) is 0. The van der Waals surface area contributed by atoms with E-state index >= 15 is 0 Å². The van der Waals surface area contributed by atoms with Crippen molar-refractivity contribution in [3.8, 4) is 11.5 Å². The van der Waals surface area contributed by atoms with Gasteiger partial charge in [-0.25, -0.2) is 0 Å². The van der Waals surface area contributed by atoms with E-state index in [0.29, 0.717) is 0 Å². The summed E-state index contributed by atoms with van der Waals surface area (Å²) in [5.41, 5.74) is 2.97. The monoisotopic (exact) mass is 357 g/mol. The zero-order valence-corrected chi connectivity index (χ0v) is 15.6. The predicted octanol–water partition coefficient (Wildman–Crippen LogP) is 4.15. The van der Waals surface area contributed by atoms with E-state index in [2.05, 4.69) is 6.92 Å². The lowest BCUT2D eigenvalue weighted by atomic mass is 10.1. The third-order valence-corrected chi connectivity index (χ3v) is 5.71. The van der Waals surface area contributed by atoms with Crippen molar-refractivity contribution in [2.24, 2.45) is 0 Å². The smallest absolute Gasteiger partial charge is 0.255 e. The van der Waals surface area contributed by atoms with Crippen LogP contribution in [0.2, 0.25) is 0 Å². The van der Waals surface area contributed by atoms with Crippen molar-refractivity contribution in [1.29, 1.82) is 0 Å². The number of ether oxygens (including phenoxy) is 2. The van der Waals surface area contributed by atoms with Crippen LogP contribution in [0.4, 0.5) is 0 Å². The van der Waals surface area contributed by atoms with E-state index in [0.717, 1.165) is 41.3 Å². The molecular weight excluding hydrogens is 334 g/mol. The van der Waals surface area contributed by atoms with Crippen LogP contribution in [-0.2, 0) is 6.42 Å². The van der Waals surface area contributed by atoms with Crippen LogP contribution in [0.3, 0.4) is 0 Å². The second-order valence-electron chi connectivity index (χ2n) is 5.88. The van der Waals surface area contributed by atoms with Crippen molar-refractivity contribution in [3.63, 3.8) is 0 Å². The van der Waals surface area contributed by atoms with Crippen molar-refractivity contribution < 1.29 is 14.3 Å². The van der Waals surface area contributed by atoms with Gasteiger partial charge in [-0.3, -0.25) is 4.79 Å². The normalized spacial score (nSPS) is 16.8. The highest BCUT2D eigenvalue weighted by Crippen LogP contribution is 2.43. The van der Waals surface area contributed by atoms with E-state index in [4.69, 9.17) is 9.47 Å². The van der Waals surface area contributed by atoms with Gasteiger partial charge in [0.25, 0.3) is 5.91 Å². The molecule has 1 aliphatic heterocycles. The van der Waals surface area contributed by atoms with E-state index in [1.165, 1.54) is 5.56 Å². The molecule has 0 aliphatic carbocycles. The van der Waals surface area contributed by atoms with Crippen molar-refractivity contribution in [3.05, 3.63) is 59.2 Å². The summed E-state index contributed by atoms with van der Waals surface area (Å²) in [4.78, 5) is 14.9. The molecule has 0 N–H and O–H groups in total. The number of methoxy groups -OCH3 is 2. The van der Waals surface area contributed by atoms with E-state index in [-0.39, 0.29) is 11.3 Å². The molecule has 1 amide bonds. The summed E-state index contributed by atoms with van der Waals surface area (Å²) in [5.74, 6) is 2.48. The van der Waals surface area contributed by atoms with Gasteiger partial charge in [0, 0.05) is 29.5 Å². The summed E-state index contributed by atoms with van der Waals surface area (Å²) in [6.07, 6.45) is 0.972. The van der Waals surface area contributed by atoms with Gasteiger partial charge in [0.2, 0.25) is 0 Å². The molecule has 1 saturated heterocycles. The molecular formula is C20H23NO3S. The minimum atomic E-state index is -0.0424. The Labute approximate surface area is 153 Å². The first-order chi connectivity index (χ1) is 12.2. The number of nitrogens with zero attached hydrogens (tertiary/aromatic N) is 1. The molecule has 2 aromatic carbocycles. The van der Waals surface area contributed by atoms with Gasteiger partial charge in [0.1, 0.15) is 16.9 Å². The quantitative estimate of drug-likeness (QED) is 0.806. The number of amides is 1. The Morgan fingerprint density at radius 2 is 1.92 bits per heavy atom. The molecule has 5 heteroatoms. The van der Waals surface area contributed by atoms with Gasteiger partial charge in [-0.05, 0) is 36.2 Å². The summed E-state index contributed by atoms with van der Waals surface area (Å²) in [7, 11) is 3.28. The maximum Gasteiger partial charge on any atom is 0.255 e. The van der Waals surface area contributed by atoms with Crippen LogP contribution in [0.25, 0.3) is 0 Å². The van der Waals surface area contributed by atoms with Crippen molar-refractivity contribution in [2.75, 3.05) is 26.5 Å². The van der Waals surface area contributed by atoms with Crippen molar-refractivity contribution in [2.45, 2.75) is 18.7 Å². The number of carbonyl (C=O) groups is 1. The fourth-order valence-electron chi connectivity index (χ4n) is 3.01. The molecule has 0 radical (unpaired) electrons. The van der Waals surface area contributed by atoms with Gasteiger partial charge in [-0.1, -0.05) is 19.1 Å². The van der Waals surface area contributed by atoms with Gasteiger partial charge < -0.3 is 14.4 Å². The van der Waals surface area contributed by atoms with Gasteiger partial charge in [0.05, 0.1) is 14.2 Å². The van der Waals surface area contributed by atoms with Crippen molar-refractivity contribution >= 4 is 17.7 Å². The molecule has 2 aromatic rings.